The highest BCUT2D eigenvalue weighted by Gasteiger charge is 2.24. The van der Waals surface area contributed by atoms with Crippen LogP contribution in [-0.4, -0.2) is 33.8 Å². The topological polar surface area (TPSA) is 128 Å². The quantitative estimate of drug-likeness (QED) is 0.601. The van der Waals surface area contributed by atoms with Crippen LogP contribution in [0.15, 0.2) is 18.2 Å². The van der Waals surface area contributed by atoms with E-state index in [-0.39, 0.29) is 17.9 Å². The third kappa shape index (κ3) is 5.75. The lowest BCUT2D eigenvalue weighted by atomic mass is 10.2. The zero-order valence-corrected chi connectivity index (χ0v) is 13.9. The average Bonchev–Trinajstić information content (AvgIpc) is 2.43. The number of nitro benzene ring substituents is 1. The van der Waals surface area contributed by atoms with Crippen LogP contribution >= 0.6 is 0 Å². The van der Waals surface area contributed by atoms with E-state index in [0.717, 1.165) is 6.07 Å². The summed E-state index contributed by atoms with van der Waals surface area (Å²) in [5.74, 6) is -1.41. The van der Waals surface area contributed by atoms with Crippen LogP contribution in [-0.2, 0) is 9.53 Å². The standard InChI is InChI=1S/C15H20N2O7/c1-5-11(13(18)19)23-12-7-6-9(8-10(12)17(21)22)16-14(20)24-15(2,3)4/h6-8,11H,5H2,1-4H3,(H,16,20)(H,18,19). The smallest absolute Gasteiger partial charge is 0.412 e. The minimum atomic E-state index is -1.22. The molecule has 0 fully saturated rings. The highest BCUT2D eigenvalue weighted by molar-refractivity contribution is 5.85. The van der Waals surface area contributed by atoms with Crippen molar-refractivity contribution in [3.8, 4) is 5.75 Å². The summed E-state index contributed by atoms with van der Waals surface area (Å²) in [6.07, 6.45) is -1.82. The number of ether oxygens (including phenoxy) is 2. The number of anilines is 1. The van der Waals surface area contributed by atoms with E-state index in [1.165, 1.54) is 12.1 Å². The average molecular weight is 340 g/mol. The Morgan fingerprint density at radius 1 is 1.38 bits per heavy atom. The molecule has 0 spiro atoms. The normalized spacial score (nSPS) is 12.2. The first-order chi connectivity index (χ1) is 11.0. The SMILES string of the molecule is CCC(Oc1ccc(NC(=O)OC(C)(C)C)cc1[N+](=O)[O-])C(=O)O. The number of carbonyl (C=O) groups is 2. The Bertz CT molecular complexity index is 637. The second kappa shape index (κ2) is 7.62. The van der Waals surface area contributed by atoms with E-state index >= 15 is 0 Å². The third-order valence-electron chi connectivity index (χ3n) is 2.72. The van der Waals surface area contributed by atoms with Crippen LogP contribution in [0.4, 0.5) is 16.2 Å². The molecule has 0 radical (unpaired) electrons. The number of carbonyl (C=O) groups excluding carboxylic acids is 1. The van der Waals surface area contributed by atoms with Gasteiger partial charge >= 0.3 is 17.7 Å². The van der Waals surface area contributed by atoms with Gasteiger partial charge in [0, 0.05) is 6.07 Å². The molecule has 1 amide bonds. The number of rotatable bonds is 6. The summed E-state index contributed by atoms with van der Waals surface area (Å²) in [5, 5.41) is 22.5. The summed E-state index contributed by atoms with van der Waals surface area (Å²) in [4.78, 5) is 33.1. The van der Waals surface area contributed by atoms with E-state index in [1.807, 2.05) is 0 Å². The maximum absolute atomic E-state index is 11.7. The fourth-order valence-electron chi connectivity index (χ4n) is 1.72. The highest BCUT2D eigenvalue weighted by atomic mass is 16.6. The Balaban J connectivity index is 3.01. The summed E-state index contributed by atoms with van der Waals surface area (Å²) in [5.41, 5.74) is -1.04. The molecule has 0 saturated heterocycles. The molecular formula is C15H20N2O7. The summed E-state index contributed by atoms with van der Waals surface area (Å²) < 4.78 is 10.2. The predicted molar refractivity (Wildman–Crippen MR) is 85.3 cm³/mol. The highest BCUT2D eigenvalue weighted by Crippen LogP contribution is 2.31. The number of benzene rings is 1. The molecule has 2 N–H and O–H groups in total. The van der Waals surface area contributed by atoms with Crippen molar-refractivity contribution in [2.75, 3.05) is 5.32 Å². The van der Waals surface area contributed by atoms with Crippen LogP contribution in [0, 0.1) is 10.1 Å². The van der Waals surface area contributed by atoms with Gasteiger partial charge in [-0.25, -0.2) is 9.59 Å². The van der Waals surface area contributed by atoms with Crippen molar-refractivity contribution < 1.29 is 29.1 Å². The van der Waals surface area contributed by atoms with Crippen LogP contribution in [0.25, 0.3) is 0 Å². The number of nitrogens with zero attached hydrogens (tertiary/aromatic N) is 1. The monoisotopic (exact) mass is 340 g/mol. The van der Waals surface area contributed by atoms with Gasteiger partial charge in [0.25, 0.3) is 0 Å². The largest absolute Gasteiger partial charge is 0.479 e. The van der Waals surface area contributed by atoms with E-state index in [9.17, 15) is 19.7 Å². The molecule has 0 bridgehead atoms. The molecule has 9 nitrogen and oxygen atoms in total. The third-order valence-corrected chi connectivity index (χ3v) is 2.72. The number of hydrogen-bond donors (Lipinski definition) is 2. The van der Waals surface area contributed by atoms with Gasteiger partial charge in [-0.1, -0.05) is 6.92 Å². The Hall–Kier alpha value is -2.84. The van der Waals surface area contributed by atoms with Gasteiger partial charge in [0.2, 0.25) is 0 Å². The number of nitro groups is 1. The summed E-state index contributed by atoms with van der Waals surface area (Å²) in [6.45, 7) is 6.64. The van der Waals surface area contributed by atoms with Gasteiger partial charge in [-0.15, -0.1) is 0 Å². The molecule has 132 valence electrons. The predicted octanol–water partition coefficient (Wildman–Crippen LogP) is 3.18. The minimum absolute atomic E-state index is 0.131. The van der Waals surface area contributed by atoms with Gasteiger partial charge in [-0.3, -0.25) is 15.4 Å². The molecule has 1 aromatic rings. The van der Waals surface area contributed by atoms with Crippen LogP contribution in [0.2, 0.25) is 0 Å². The molecule has 0 saturated carbocycles. The molecule has 1 atom stereocenters. The summed E-state index contributed by atoms with van der Waals surface area (Å²) in [6, 6.07) is 3.67. The van der Waals surface area contributed by atoms with E-state index in [0.29, 0.717) is 0 Å². The van der Waals surface area contributed by atoms with Crippen molar-refractivity contribution in [1.29, 1.82) is 0 Å². The second-order valence-electron chi connectivity index (χ2n) is 5.92. The van der Waals surface area contributed by atoms with E-state index in [2.05, 4.69) is 5.32 Å². The van der Waals surface area contributed by atoms with E-state index in [4.69, 9.17) is 14.6 Å². The molecule has 9 heteroatoms. The number of carboxylic acids is 1. The van der Waals surface area contributed by atoms with Crippen molar-refractivity contribution in [3.63, 3.8) is 0 Å². The molecule has 0 aliphatic carbocycles. The Labute approximate surface area is 138 Å². The molecule has 0 aromatic heterocycles. The molecule has 0 heterocycles. The van der Waals surface area contributed by atoms with Crippen molar-refractivity contribution >= 4 is 23.4 Å². The van der Waals surface area contributed by atoms with Gasteiger partial charge < -0.3 is 14.6 Å². The minimum Gasteiger partial charge on any atom is -0.479 e. The number of amides is 1. The fourth-order valence-corrected chi connectivity index (χ4v) is 1.72. The molecule has 1 unspecified atom stereocenters. The lowest BCUT2D eigenvalue weighted by molar-refractivity contribution is -0.385. The van der Waals surface area contributed by atoms with Crippen LogP contribution in [0.1, 0.15) is 34.1 Å². The molecular weight excluding hydrogens is 320 g/mol. The van der Waals surface area contributed by atoms with Gasteiger partial charge in [-0.2, -0.15) is 0 Å². The number of aliphatic carboxylic acids is 1. The van der Waals surface area contributed by atoms with Crippen molar-refractivity contribution in [1.82, 2.24) is 0 Å². The van der Waals surface area contributed by atoms with Gasteiger partial charge in [0.05, 0.1) is 10.6 Å². The molecule has 1 aromatic carbocycles. The number of carboxylic acid groups (broad SMARTS) is 1. The molecule has 1 rings (SSSR count). The Morgan fingerprint density at radius 3 is 2.46 bits per heavy atom. The van der Waals surface area contributed by atoms with E-state index in [1.54, 1.807) is 27.7 Å². The van der Waals surface area contributed by atoms with Crippen molar-refractivity contribution in [2.45, 2.75) is 45.8 Å². The Kier molecular flexibility index (Phi) is 6.10. The van der Waals surface area contributed by atoms with Gasteiger partial charge in [-0.05, 0) is 39.3 Å². The first-order valence-electron chi connectivity index (χ1n) is 7.21. The molecule has 0 aliphatic rings. The lowest BCUT2D eigenvalue weighted by Gasteiger charge is -2.19. The lowest BCUT2D eigenvalue weighted by Crippen LogP contribution is -2.27. The van der Waals surface area contributed by atoms with Crippen LogP contribution in [0.5, 0.6) is 5.75 Å². The molecule has 24 heavy (non-hydrogen) atoms. The number of hydrogen-bond acceptors (Lipinski definition) is 6. The Morgan fingerprint density at radius 2 is 2.00 bits per heavy atom. The maximum Gasteiger partial charge on any atom is 0.412 e. The first-order valence-corrected chi connectivity index (χ1v) is 7.21. The van der Waals surface area contributed by atoms with Gasteiger partial charge in [0.15, 0.2) is 11.9 Å². The van der Waals surface area contributed by atoms with Crippen molar-refractivity contribution in [2.24, 2.45) is 0 Å². The maximum atomic E-state index is 11.7. The zero-order valence-electron chi connectivity index (χ0n) is 13.9. The van der Waals surface area contributed by atoms with Crippen LogP contribution in [0.3, 0.4) is 0 Å². The van der Waals surface area contributed by atoms with Gasteiger partial charge in [0.1, 0.15) is 5.60 Å². The fraction of sp³-hybridized carbons (Fsp3) is 0.467. The number of nitrogens with one attached hydrogen (secondary N) is 1. The van der Waals surface area contributed by atoms with Crippen LogP contribution < -0.4 is 10.1 Å². The van der Waals surface area contributed by atoms with E-state index < -0.39 is 34.4 Å². The second-order valence-corrected chi connectivity index (χ2v) is 5.92. The zero-order chi connectivity index (χ0) is 18.5. The van der Waals surface area contributed by atoms with Crippen molar-refractivity contribution in [3.05, 3.63) is 28.3 Å². The molecule has 0 aliphatic heterocycles. The summed E-state index contributed by atoms with van der Waals surface area (Å²) in [7, 11) is 0. The first kappa shape index (κ1) is 19.2. The summed E-state index contributed by atoms with van der Waals surface area (Å²) >= 11 is 0.